The van der Waals surface area contributed by atoms with Gasteiger partial charge in [0.25, 0.3) is 0 Å². The van der Waals surface area contributed by atoms with Gasteiger partial charge in [-0.1, -0.05) is 33.6 Å². The van der Waals surface area contributed by atoms with E-state index in [0.29, 0.717) is 16.3 Å². The molecule has 18 heavy (non-hydrogen) atoms. The number of ether oxygens (including phenoxy) is 1. The van der Waals surface area contributed by atoms with Crippen molar-refractivity contribution in [3.63, 3.8) is 0 Å². The van der Waals surface area contributed by atoms with Crippen LogP contribution in [-0.2, 0) is 5.88 Å². The van der Waals surface area contributed by atoms with Gasteiger partial charge in [-0.25, -0.2) is 4.39 Å². The predicted molar refractivity (Wildman–Crippen MR) is 75.2 cm³/mol. The van der Waals surface area contributed by atoms with Crippen LogP contribution in [0.4, 0.5) is 4.39 Å². The number of hydrogen-bond donors (Lipinski definition) is 0. The van der Waals surface area contributed by atoms with E-state index in [-0.39, 0.29) is 11.6 Å². The van der Waals surface area contributed by atoms with Crippen molar-refractivity contribution in [2.75, 3.05) is 0 Å². The molecule has 1 nitrogen and oxygen atoms in total. The summed E-state index contributed by atoms with van der Waals surface area (Å²) in [5.74, 6) is 0.314. The van der Waals surface area contributed by atoms with Gasteiger partial charge in [0, 0.05) is 10.4 Å². The van der Waals surface area contributed by atoms with Crippen LogP contribution in [0, 0.1) is 5.82 Å². The quantitative estimate of drug-likeness (QED) is 0.639. The van der Waals surface area contributed by atoms with E-state index in [2.05, 4.69) is 15.9 Å². The Morgan fingerprint density at radius 2 is 1.83 bits per heavy atom. The molecule has 0 radical (unpaired) electrons. The summed E-state index contributed by atoms with van der Waals surface area (Å²) in [5, 5.41) is 0.408. The van der Waals surface area contributed by atoms with Gasteiger partial charge in [-0.2, -0.15) is 0 Å². The Bertz CT molecular complexity index is 575. The minimum atomic E-state index is -0.466. The van der Waals surface area contributed by atoms with E-state index in [0.717, 1.165) is 4.47 Å². The van der Waals surface area contributed by atoms with Gasteiger partial charge < -0.3 is 4.74 Å². The third-order valence-electron chi connectivity index (χ3n) is 2.26. The molecule has 0 amide bonds. The molecule has 0 bridgehead atoms. The second-order valence-electron chi connectivity index (χ2n) is 3.58. The lowest BCUT2D eigenvalue weighted by molar-refractivity contribution is 0.442. The van der Waals surface area contributed by atoms with Crippen molar-refractivity contribution < 1.29 is 9.13 Å². The van der Waals surface area contributed by atoms with Gasteiger partial charge in [-0.05, 0) is 35.9 Å². The summed E-state index contributed by atoms with van der Waals surface area (Å²) in [6, 6.07) is 9.70. The number of benzene rings is 2. The Kier molecular flexibility index (Phi) is 4.49. The molecule has 2 aromatic rings. The highest BCUT2D eigenvalue weighted by Crippen LogP contribution is 2.33. The molecule has 0 N–H and O–H groups in total. The number of alkyl halides is 1. The minimum absolute atomic E-state index is 0.119. The van der Waals surface area contributed by atoms with E-state index in [1.165, 1.54) is 12.1 Å². The van der Waals surface area contributed by atoms with Crippen molar-refractivity contribution in [2.24, 2.45) is 0 Å². The summed E-state index contributed by atoms with van der Waals surface area (Å²) in [5.41, 5.74) is 0.698. The van der Waals surface area contributed by atoms with Crippen LogP contribution < -0.4 is 4.74 Å². The van der Waals surface area contributed by atoms with Gasteiger partial charge in [-0.3, -0.25) is 0 Å². The van der Waals surface area contributed by atoms with Gasteiger partial charge in [0.05, 0.1) is 5.02 Å². The second-order valence-corrected chi connectivity index (χ2v) is 5.17. The highest BCUT2D eigenvalue weighted by atomic mass is 79.9. The van der Waals surface area contributed by atoms with Crippen LogP contribution in [0.15, 0.2) is 40.9 Å². The average molecular weight is 350 g/mol. The summed E-state index contributed by atoms with van der Waals surface area (Å²) in [6.07, 6.45) is 0. The first-order chi connectivity index (χ1) is 8.60. The zero-order valence-electron chi connectivity index (χ0n) is 9.09. The number of hydrogen-bond acceptors (Lipinski definition) is 1. The first kappa shape index (κ1) is 13.7. The molecule has 0 spiro atoms. The van der Waals surface area contributed by atoms with E-state index in [9.17, 15) is 4.39 Å². The SMILES string of the molecule is Fc1cc(CCl)ccc1Oc1ccc(Br)cc1Cl. The molecule has 0 aromatic heterocycles. The molecule has 5 heteroatoms. The molecule has 0 heterocycles. The Morgan fingerprint density at radius 1 is 1.11 bits per heavy atom. The fourth-order valence-electron chi connectivity index (χ4n) is 1.39. The predicted octanol–water partition coefficient (Wildman–Crippen LogP) is 5.77. The fourth-order valence-corrected chi connectivity index (χ4v) is 2.26. The van der Waals surface area contributed by atoms with Crippen LogP contribution >= 0.6 is 39.1 Å². The summed E-state index contributed by atoms with van der Waals surface area (Å²) < 4.78 is 20.0. The van der Waals surface area contributed by atoms with Gasteiger partial charge in [0.2, 0.25) is 0 Å². The van der Waals surface area contributed by atoms with Crippen LogP contribution in [0.25, 0.3) is 0 Å². The van der Waals surface area contributed by atoms with E-state index < -0.39 is 5.82 Å². The van der Waals surface area contributed by atoms with Crippen molar-refractivity contribution >= 4 is 39.1 Å². The summed E-state index contributed by atoms with van der Waals surface area (Å²) in [4.78, 5) is 0. The third kappa shape index (κ3) is 3.16. The molecule has 2 aromatic carbocycles. The Hall–Kier alpha value is -0.770. The highest BCUT2D eigenvalue weighted by molar-refractivity contribution is 9.10. The number of rotatable bonds is 3. The monoisotopic (exact) mass is 348 g/mol. The molecule has 0 unspecified atom stereocenters. The standard InChI is InChI=1S/C13H8BrCl2FO/c14-9-2-4-12(10(16)6-9)18-13-3-1-8(7-15)5-11(13)17/h1-6H,7H2. The Balaban J connectivity index is 2.28. The first-order valence-electron chi connectivity index (χ1n) is 5.07. The molecule has 0 saturated heterocycles. The lowest BCUT2D eigenvalue weighted by atomic mass is 10.2. The van der Waals surface area contributed by atoms with Crippen molar-refractivity contribution in [2.45, 2.75) is 5.88 Å². The molecule has 0 aliphatic rings. The molecular weight excluding hydrogens is 342 g/mol. The minimum Gasteiger partial charge on any atom is -0.453 e. The zero-order valence-corrected chi connectivity index (χ0v) is 12.2. The second kappa shape index (κ2) is 5.91. The van der Waals surface area contributed by atoms with Crippen LogP contribution in [0.2, 0.25) is 5.02 Å². The van der Waals surface area contributed by atoms with Crippen LogP contribution in [0.1, 0.15) is 5.56 Å². The number of halogens is 4. The van der Waals surface area contributed by atoms with Crippen LogP contribution in [0.5, 0.6) is 11.5 Å². The molecule has 0 fully saturated rings. The van der Waals surface area contributed by atoms with E-state index >= 15 is 0 Å². The normalized spacial score (nSPS) is 10.4. The smallest absolute Gasteiger partial charge is 0.166 e. The maximum absolute atomic E-state index is 13.7. The summed E-state index contributed by atoms with van der Waals surface area (Å²) in [7, 11) is 0. The van der Waals surface area contributed by atoms with Gasteiger partial charge in [0.1, 0.15) is 5.75 Å². The largest absolute Gasteiger partial charge is 0.453 e. The first-order valence-corrected chi connectivity index (χ1v) is 6.78. The van der Waals surface area contributed by atoms with Crippen molar-refractivity contribution in [1.82, 2.24) is 0 Å². The summed E-state index contributed by atoms with van der Waals surface area (Å²) in [6.45, 7) is 0. The van der Waals surface area contributed by atoms with E-state index in [1.807, 2.05) is 0 Å². The van der Waals surface area contributed by atoms with Crippen molar-refractivity contribution in [3.8, 4) is 11.5 Å². The molecule has 0 saturated carbocycles. The van der Waals surface area contributed by atoms with Crippen molar-refractivity contribution in [3.05, 3.63) is 57.3 Å². The van der Waals surface area contributed by atoms with Crippen LogP contribution in [-0.4, -0.2) is 0 Å². The van der Waals surface area contributed by atoms with E-state index in [4.69, 9.17) is 27.9 Å². The Labute approximate surface area is 123 Å². The Morgan fingerprint density at radius 3 is 2.44 bits per heavy atom. The van der Waals surface area contributed by atoms with Gasteiger partial charge in [0.15, 0.2) is 11.6 Å². The summed E-state index contributed by atoms with van der Waals surface area (Å²) >= 11 is 14.9. The lowest BCUT2D eigenvalue weighted by Gasteiger charge is -2.09. The van der Waals surface area contributed by atoms with E-state index in [1.54, 1.807) is 24.3 Å². The molecule has 2 rings (SSSR count). The maximum Gasteiger partial charge on any atom is 0.166 e. The topological polar surface area (TPSA) is 9.23 Å². The highest BCUT2D eigenvalue weighted by Gasteiger charge is 2.08. The average Bonchev–Trinajstić information content (AvgIpc) is 2.34. The van der Waals surface area contributed by atoms with Crippen molar-refractivity contribution in [1.29, 1.82) is 0 Å². The molecule has 0 aliphatic heterocycles. The molecule has 0 atom stereocenters. The third-order valence-corrected chi connectivity index (χ3v) is 3.36. The lowest BCUT2D eigenvalue weighted by Crippen LogP contribution is -1.90. The zero-order chi connectivity index (χ0) is 13.1. The fraction of sp³-hybridized carbons (Fsp3) is 0.0769. The molecular formula is C13H8BrCl2FO. The molecule has 94 valence electrons. The molecule has 0 aliphatic carbocycles. The van der Waals surface area contributed by atoms with Crippen LogP contribution in [0.3, 0.4) is 0 Å². The van der Waals surface area contributed by atoms with Gasteiger partial charge in [-0.15, -0.1) is 11.6 Å². The maximum atomic E-state index is 13.7. The van der Waals surface area contributed by atoms with Gasteiger partial charge >= 0.3 is 0 Å².